The number of unbranched alkanes of at least 4 members (excludes halogenated alkanes) is 1. The van der Waals surface area contributed by atoms with E-state index in [9.17, 15) is 14.4 Å². The number of nitrogens with one attached hydrogen (secondary N) is 1. The minimum Gasteiger partial charge on any atom is -0.497 e. The molecule has 1 N–H and O–H groups in total. The summed E-state index contributed by atoms with van der Waals surface area (Å²) in [7, 11) is 4.57. The second kappa shape index (κ2) is 10.2. The van der Waals surface area contributed by atoms with Crippen LogP contribution in [0.2, 0.25) is 0 Å². The number of amides is 1. The molecule has 0 fully saturated rings. The van der Waals surface area contributed by atoms with Gasteiger partial charge in [0.25, 0.3) is 5.56 Å². The summed E-state index contributed by atoms with van der Waals surface area (Å²) in [6, 6.07) is 5.30. The number of nitrogens with zero attached hydrogens (tertiary/aromatic N) is 4. The van der Waals surface area contributed by atoms with Crippen molar-refractivity contribution in [2.75, 3.05) is 19.0 Å². The summed E-state index contributed by atoms with van der Waals surface area (Å²) >= 11 is 0. The van der Waals surface area contributed by atoms with Crippen LogP contribution in [0.5, 0.6) is 11.5 Å². The molecule has 0 aliphatic carbocycles. The summed E-state index contributed by atoms with van der Waals surface area (Å²) in [6.07, 6.45) is 4.17. The van der Waals surface area contributed by atoms with Crippen LogP contribution in [0.25, 0.3) is 11.2 Å². The van der Waals surface area contributed by atoms with Gasteiger partial charge in [0.2, 0.25) is 5.91 Å². The highest BCUT2D eigenvalue weighted by Crippen LogP contribution is 2.29. The molecule has 2 heterocycles. The first kappa shape index (κ1) is 23.1. The van der Waals surface area contributed by atoms with Crippen LogP contribution in [0.4, 0.5) is 5.69 Å². The fourth-order valence-electron chi connectivity index (χ4n) is 3.38. The highest BCUT2D eigenvalue weighted by atomic mass is 16.5. The zero-order chi connectivity index (χ0) is 23.3. The van der Waals surface area contributed by atoms with Gasteiger partial charge in [-0.25, -0.2) is 9.78 Å². The molecule has 0 spiro atoms. The Kier molecular flexibility index (Phi) is 7.34. The van der Waals surface area contributed by atoms with E-state index in [2.05, 4.69) is 17.2 Å². The number of benzene rings is 1. The minimum absolute atomic E-state index is 0.177. The first-order valence-corrected chi connectivity index (χ1v) is 10.6. The van der Waals surface area contributed by atoms with E-state index in [-0.39, 0.29) is 12.3 Å². The van der Waals surface area contributed by atoms with Gasteiger partial charge in [0.15, 0.2) is 11.2 Å². The van der Waals surface area contributed by atoms with Crippen molar-refractivity contribution in [3.8, 4) is 11.5 Å². The Morgan fingerprint density at radius 3 is 2.66 bits per heavy atom. The number of carbonyl (C=O) groups excluding carboxylic acids is 1. The number of anilines is 1. The SMILES string of the molecule is CCCCOc1ccc(OC)cc1NC(=O)CCCn1cnc2c1c(=O)n(C)c(=O)n2C. The summed E-state index contributed by atoms with van der Waals surface area (Å²) in [4.78, 5) is 41.3. The maximum atomic E-state index is 12.6. The molecule has 10 nitrogen and oxygen atoms in total. The first-order chi connectivity index (χ1) is 15.4. The van der Waals surface area contributed by atoms with E-state index in [1.54, 1.807) is 36.9 Å². The molecule has 172 valence electrons. The zero-order valence-corrected chi connectivity index (χ0v) is 18.9. The number of fused-ring (bicyclic) bond motifs is 1. The monoisotopic (exact) mass is 443 g/mol. The third-order valence-electron chi connectivity index (χ3n) is 5.24. The van der Waals surface area contributed by atoms with Crippen LogP contribution in [0.15, 0.2) is 34.1 Å². The van der Waals surface area contributed by atoms with Crippen LogP contribution in [0.3, 0.4) is 0 Å². The molecular weight excluding hydrogens is 414 g/mol. The highest BCUT2D eigenvalue weighted by molar-refractivity contribution is 5.92. The molecule has 3 aromatic rings. The topological polar surface area (TPSA) is 109 Å². The number of hydrogen-bond donors (Lipinski definition) is 1. The Morgan fingerprint density at radius 1 is 1.16 bits per heavy atom. The normalized spacial score (nSPS) is 11.0. The van der Waals surface area contributed by atoms with Gasteiger partial charge in [0.1, 0.15) is 11.5 Å². The maximum Gasteiger partial charge on any atom is 0.332 e. The average molecular weight is 444 g/mol. The van der Waals surface area contributed by atoms with Crippen LogP contribution in [-0.2, 0) is 25.4 Å². The lowest BCUT2D eigenvalue weighted by Gasteiger charge is -2.14. The number of methoxy groups -OCH3 is 1. The number of imidazole rings is 1. The predicted octanol–water partition coefficient (Wildman–Crippen LogP) is 2.04. The summed E-state index contributed by atoms with van der Waals surface area (Å²) in [5.74, 6) is 1.04. The van der Waals surface area contributed by atoms with Crippen molar-refractivity contribution in [1.29, 1.82) is 0 Å². The second-order valence-corrected chi connectivity index (χ2v) is 7.53. The smallest absolute Gasteiger partial charge is 0.332 e. The van der Waals surface area contributed by atoms with Gasteiger partial charge in [-0.15, -0.1) is 0 Å². The van der Waals surface area contributed by atoms with Crippen molar-refractivity contribution < 1.29 is 14.3 Å². The molecule has 10 heteroatoms. The lowest BCUT2D eigenvalue weighted by molar-refractivity contribution is -0.116. The second-order valence-electron chi connectivity index (χ2n) is 7.53. The van der Waals surface area contributed by atoms with Crippen LogP contribution < -0.4 is 26.0 Å². The Balaban J connectivity index is 1.67. The summed E-state index contributed by atoms with van der Waals surface area (Å²) in [5.41, 5.74) is 0.391. The van der Waals surface area contributed by atoms with Crippen molar-refractivity contribution >= 4 is 22.8 Å². The van der Waals surface area contributed by atoms with Crippen LogP contribution in [0.1, 0.15) is 32.6 Å². The average Bonchev–Trinajstić information content (AvgIpc) is 3.21. The molecule has 0 atom stereocenters. The van der Waals surface area contributed by atoms with E-state index in [0.717, 1.165) is 17.4 Å². The van der Waals surface area contributed by atoms with Gasteiger partial charge in [-0.3, -0.25) is 18.7 Å². The van der Waals surface area contributed by atoms with E-state index in [1.807, 2.05) is 0 Å². The fraction of sp³-hybridized carbons (Fsp3) is 0.455. The molecule has 1 amide bonds. The maximum absolute atomic E-state index is 12.6. The standard InChI is InChI=1S/C22H29N5O5/c1-5-6-12-32-17-10-9-15(31-4)13-16(17)24-18(28)8-7-11-27-14-23-20-19(27)21(29)26(3)22(30)25(20)2/h9-10,13-14H,5-8,11-12H2,1-4H3,(H,24,28). The zero-order valence-electron chi connectivity index (χ0n) is 18.9. The molecule has 1 aromatic carbocycles. The van der Waals surface area contributed by atoms with E-state index in [1.165, 1.54) is 17.9 Å². The molecule has 32 heavy (non-hydrogen) atoms. The Bertz CT molecular complexity index is 1220. The molecule has 0 unspecified atom stereocenters. The van der Waals surface area contributed by atoms with Gasteiger partial charge >= 0.3 is 5.69 Å². The lowest BCUT2D eigenvalue weighted by Crippen LogP contribution is -2.37. The van der Waals surface area contributed by atoms with Crippen LogP contribution in [-0.4, -0.2) is 38.3 Å². The quantitative estimate of drug-likeness (QED) is 0.480. The first-order valence-electron chi connectivity index (χ1n) is 10.6. The Morgan fingerprint density at radius 2 is 1.94 bits per heavy atom. The van der Waals surface area contributed by atoms with Gasteiger partial charge in [-0.05, 0) is 25.0 Å². The molecule has 0 saturated carbocycles. The molecule has 0 bridgehead atoms. The van der Waals surface area contributed by atoms with Crippen molar-refractivity contribution in [2.24, 2.45) is 14.1 Å². The highest BCUT2D eigenvalue weighted by Gasteiger charge is 2.15. The third-order valence-corrected chi connectivity index (χ3v) is 5.24. The molecule has 0 aliphatic rings. The summed E-state index contributed by atoms with van der Waals surface area (Å²) < 4.78 is 15.1. The summed E-state index contributed by atoms with van der Waals surface area (Å²) in [5, 5.41) is 2.89. The van der Waals surface area contributed by atoms with E-state index < -0.39 is 11.2 Å². The van der Waals surface area contributed by atoms with Crippen LogP contribution >= 0.6 is 0 Å². The van der Waals surface area contributed by atoms with E-state index in [4.69, 9.17) is 9.47 Å². The molecule has 0 radical (unpaired) electrons. The van der Waals surface area contributed by atoms with Crippen LogP contribution in [0, 0.1) is 0 Å². The van der Waals surface area contributed by atoms with Gasteiger partial charge in [-0.1, -0.05) is 13.3 Å². The van der Waals surface area contributed by atoms with Crippen molar-refractivity contribution in [3.63, 3.8) is 0 Å². The summed E-state index contributed by atoms with van der Waals surface area (Å²) in [6.45, 7) is 3.06. The molecule has 0 saturated heterocycles. The van der Waals surface area contributed by atoms with Gasteiger partial charge in [-0.2, -0.15) is 0 Å². The molecule has 2 aromatic heterocycles. The number of carbonyl (C=O) groups is 1. The fourth-order valence-corrected chi connectivity index (χ4v) is 3.38. The van der Waals surface area contributed by atoms with E-state index in [0.29, 0.717) is 47.9 Å². The molecule has 0 aliphatic heterocycles. The molecular formula is C22H29N5O5. The number of aromatic nitrogens is 4. The molecule has 3 rings (SSSR count). The van der Waals surface area contributed by atoms with Gasteiger partial charge in [0.05, 0.1) is 25.7 Å². The van der Waals surface area contributed by atoms with Gasteiger partial charge in [0, 0.05) is 33.1 Å². The van der Waals surface area contributed by atoms with Gasteiger partial charge < -0.3 is 19.4 Å². The van der Waals surface area contributed by atoms with Crippen molar-refractivity contribution in [2.45, 2.75) is 39.2 Å². The number of rotatable bonds is 10. The lowest BCUT2D eigenvalue weighted by atomic mass is 10.2. The minimum atomic E-state index is -0.428. The number of aryl methyl sites for hydroxylation is 2. The Labute approximate surface area is 185 Å². The Hall–Kier alpha value is -3.56. The number of ether oxygens (including phenoxy) is 2. The van der Waals surface area contributed by atoms with Crippen molar-refractivity contribution in [3.05, 3.63) is 45.4 Å². The largest absolute Gasteiger partial charge is 0.497 e. The van der Waals surface area contributed by atoms with E-state index >= 15 is 0 Å². The predicted molar refractivity (Wildman–Crippen MR) is 121 cm³/mol. The van der Waals surface area contributed by atoms with Crippen molar-refractivity contribution in [1.82, 2.24) is 18.7 Å². The third kappa shape index (κ3) is 4.84. The number of hydrogen-bond acceptors (Lipinski definition) is 6.